The van der Waals surface area contributed by atoms with E-state index in [2.05, 4.69) is 19.1 Å². The van der Waals surface area contributed by atoms with E-state index < -0.39 is 0 Å². The molecule has 0 bridgehead atoms. The molecule has 0 spiro atoms. The zero-order chi connectivity index (χ0) is 10.9. The van der Waals surface area contributed by atoms with Gasteiger partial charge >= 0.3 is 0 Å². The van der Waals surface area contributed by atoms with Crippen molar-refractivity contribution in [1.82, 2.24) is 0 Å². The number of methoxy groups -OCH3 is 1. The van der Waals surface area contributed by atoms with Gasteiger partial charge in [0.2, 0.25) is 0 Å². The smallest absolute Gasteiger partial charge is 0.122 e. The maximum atomic E-state index is 5.92. The van der Waals surface area contributed by atoms with E-state index in [1.54, 1.807) is 7.11 Å². The number of benzene rings is 1. The van der Waals surface area contributed by atoms with Crippen LogP contribution < -0.4 is 10.5 Å². The van der Waals surface area contributed by atoms with Crippen LogP contribution in [0.5, 0.6) is 5.75 Å². The molecule has 0 radical (unpaired) electrons. The Morgan fingerprint density at radius 2 is 2.13 bits per heavy atom. The van der Waals surface area contributed by atoms with E-state index in [1.807, 2.05) is 6.07 Å². The summed E-state index contributed by atoms with van der Waals surface area (Å²) in [5, 5.41) is 0. The van der Waals surface area contributed by atoms with E-state index in [0.29, 0.717) is 0 Å². The van der Waals surface area contributed by atoms with Gasteiger partial charge in [-0.05, 0) is 37.0 Å². The second-order valence-electron chi connectivity index (χ2n) is 4.47. The zero-order valence-electron chi connectivity index (χ0n) is 9.55. The SMILES string of the molecule is COc1cccc(C2(CN)CCC2)c1C. The zero-order valence-corrected chi connectivity index (χ0v) is 9.55. The van der Waals surface area contributed by atoms with Crippen molar-refractivity contribution in [3.05, 3.63) is 29.3 Å². The lowest BCUT2D eigenvalue weighted by Gasteiger charge is -2.42. The summed E-state index contributed by atoms with van der Waals surface area (Å²) in [6.45, 7) is 2.88. The molecule has 2 N–H and O–H groups in total. The first-order chi connectivity index (χ1) is 7.23. The molecule has 0 saturated heterocycles. The topological polar surface area (TPSA) is 35.2 Å². The number of nitrogens with two attached hydrogens (primary N) is 1. The summed E-state index contributed by atoms with van der Waals surface area (Å²) in [6, 6.07) is 6.28. The highest BCUT2D eigenvalue weighted by Crippen LogP contribution is 2.45. The van der Waals surface area contributed by atoms with Gasteiger partial charge in [0.15, 0.2) is 0 Å². The van der Waals surface area contributed by atoms with Gasteiger partial charge in [0, 0.05) is 12.0 Å². The average molecular weight is 205 g/mol. The van der Waals surface area contributed by atoms with Crippen LogP contribution in [0.25, 0.3) is 0 Å². The second kappa shape index (κ2) is 3.86. The molecule has 0 aromatic heterocycles. The minimum absolute atomic E-state index is 0.235. The van der Waals surface area contributed by atoms with E-state index in [1.165, 1.54) is 30.4 Å². The molecule has 1 saturated carbocycles. The van der Waals surface area contributed by atoms with Crippen LogP contribution in [0, 0.1) is 6.92 Å². The largest absolute Gasteiger partial charge is 0.496 e. The third kappa shape index (κ3) is 1.53. The van der Waals surface area contributed by atoms with Crippen molar-refractivity contribution in [2.75, 3.05) is 13.7 Å². The van der Waals surface area contributed by atoms with Crippen molar-refractivity contribution in [1.29, 1.82) is 0 Å². The lowest BCUT2D eigenvalue weighted by atomic mass is 9.63. The van der Waals surface area contributed by atoms with Gasteiger partial charge in [-0.2, -0.15) is 0 Å². The maximum Gasteiger partial charge on any atom is 0.122 e. The van der Waals surface area contributed by atoms with E-state index in [0.717, 1.165) is 12.3 Å². The van der Waals surface area contributed by atoms with Crippen molar-refractivity contribution in [3.8, 4) is 5.75 Å². The Hall–Kier alpha value is -1.02. The van der Waals surface area contributed by atoms with Crippen LogP contribution in [0.4, 0.5) is 0 Å². The monoisotopic (exact) mass is 205 g/mol. The maximum absolute atomic E-state index is 5.92. The summed E-state index contributed by atoms with van der Waals surface area (Å²) in [7, 11) is 1.72. The molecule has 0 amide bonds. The highest BCUT2D eigenvalue weighted by atomic mass is 16.5. The molecular weight excluding hydrogens is 186 g/mol. The second-order valence-corrected chi connectivity index (χ2v) is 4.47. The first kappa shape index (κ1) is 10.5. The molecule has 2 heteroatoms. The van der Waals surface area contributed by atoms with Crippen molar-refractivity contribution in [2.24, 2.45) is 5.73 Å². The molecule has 2 rings (SSSR count). The summed E-state index contributed by atoms with van der Waals surface area (Å²) in [4.78, 5) is 0. The quantitative estimate of drug-likeness (QED) is 0.822. The Morgan fingerprint density at radius 3 is 2.60 bits per heavy atom. The summed E-state index contributed by atoms with van der Waals surface area (Å²) < 4.78 is 5.35. The predicted octanol–water partition coefficient (Wildman–Crippen LogP) is 2.38. The number of hydrogen-bond acceptors (Lipinski definition) is 2. The van der Waals surface area contributed by atoms with Gasteiger partial charge in [0.1, 0.15) is 5.75 Å². The summed E-state index contributed by atoms with van der Waals surface area (Å²) in [5.41, 5.74) is 8.79. The van der Waals surface area contributed by atoms with Crippen LogP contribution in [-0.2, 0) is 5.41 Å². The number of hydrogen-bond donors (Lipinski definition) is 1. The minimum Gasteiger partial charge on any atom is -0.496 e. The Balaban J connectivity index is 2.43. The van der Waals surface area contributed by atoms with Gasteiger partial charge in [-0.3, -0.25) is 0 Å². The van der Waals surface area contributed by atoms with Crippen molar-refractivity contribution in [3.63, 3.8) is 0 Å². The normalized spacial score (nSPS) is 18.3. The molecule has 0 atom stereocenters. The average Bonchev–Trinajstić information content (AvgIpc) is 2.20. The van der Waals surface area contributed by atoms with E-state index in [4.69, 9.17) is 10.5 Å². The minimum atomic E-state index is 0.235. The third-order valence-electron chi connectivity index (χ3n) is 3.78. The Morgan fingerprint density at radius 1 is 1.40 bits per heavy atom. The van der Waals surface area contributed by atoms with Crippen LogP contribution >= 0.6 is 0 Å². The fourth-order valence-electron chi connectivity index (χ4n) is 2.60. The van der Waals surface area contributed by atoms with Gasteiger partial charge in [-0.1, -0.05) is 18.6 Å². The van der Waals surface area contributed by atoms with Crippen LogP contribution in [0.1, 0.15) is 30.4 Å². The van der Waals surface area contributed by atoms with E-state index in [9.17, 15) is 0 Å². The fourth-order valence-corrected chi connectivity index (χ4v) is 2.60. The van der Waals surface area contributed by atoms with Gasteiger partial charge < -0.3 is 10.5 Å². The van der Waals surface area contributed by atoms with Crippen molar-refractivity contribution >= 4 is 0 Å². The number of ether oxygens (including phenoxy) is 1. The van der Waals surface area contributed by atoms with Gasteiger partial charge in [0.25, 0.3) is 0 Å². The van der Waals surface area contributed by atoms with E-state index >= 15 is 0 Å². The summed E-state index contributed by atoms with van der Waals surface area (Å²) in [6.07, 6.45) is 3.74. The Bertz CT molecular complexity index is 350. The molecule has 1 aliphatic rings. The highest BCUT2D eigenvalue weighted by Gasteiger charge is 2.38. The highest BCUT2D eigenvalue weighted by molar-refractivity contribution is 5.44. The van der Waals surface area contributed by atoms with Crippen LogP contribution in [-0.4, -0.2) is 13.7 Å². The van der Waals surface area contributed by atoms with Crippen LogP contribution in [0.15, 0.2) is 18.2 Å². The lowest BCUT2D eigenvalue weighted by molar-refractivity contribution is 0.250. The van der Waals surface area contributed by atoms with Gasteiger partial charge in [-0.25, -0.2) is 0 Å². The first-order valence-electron chi connectivity index (χ1n) is 5.58. The lowest BCUT2D eigenvalue weighted by Crippen LogP contribution is -2.42. The predicted molar refractivity (Wildman–Crippen MR) is 62.3 cm³/mol. The molecule has 0 heterocycles. The molecule has 82 valence electrons. The first-order valence-corrected chi connectivity index (χ1v) is 5.58. The summed E-state index contributed by atoms with van der Waals surface area (Å²) in [5.74, 6) is 0.979. The molecule has 1 aromatic carbocycles. The molecule has 1 fully saturated rings. The third-order valence-corrected chi connectivity index (χ3v) is 3.78. The molecule has 1 aromatic rings. The van der Waals surface area contributed by atoms with Crippen LogP contribution in [0.3, 0.4) is 0 Å². The van der Waals surface area contributed by atoms with Crippen molar-refractivity contribution < 1.29 is 4.74 Å². The molecule has 0 aliphatic heterocycles. The summed E-state index contributed by atoms with van der Waals surface area (Å²) >= 11 is 0. The van der Waals surface area contributed by atoms with Gasteiger partial charge in [-0.15, -0.1) is 0 Å². The Kier molecular flexibility index (Phi) is 2.70. The van der Waals surface area contributed by atoms with Gasteiger partial charge in [0.05, 0.1) is 7.11 Å². The standard InChI is InChI=1S/C13H19NO/c1-10-11(5-3-6-12(10)15-2)13(9-14)7-4-8-13/h3,5-6H,4,7-9,14H2,1-2H3. The van der Waals surface area contributed by atoms with Crippen molar-refractivity contribution in [2.45, 2.75) is 31.6 Å². The molecule has 2 nitrogen and oxygen atoms in total. The molecule has 1 aliphatic carbocycles. The molecular formula is C13H19NO. The number of rotatable bonds is 3. The molecule has 0 unspecified atom stereocenters. The fraction of sp³-hybridized carbons (Fsp3) is 0.538. The van der Waals surface area contributed by atoms with E-state index in [-0.39, 0.29) is 5.41 Å². The molecule has 15 heavy (non-hydrogen) atoms. The Labute approximate surface area is 91.4 Å². The van der Waals surface area contributed by atoms with Crippen LogP contribution in [0.2, 0.25) is 0 Å².